The Labute approximate surface area is 83.0 Å². The van der Waals surface area contributed by atoms with Crippen molar-refractivity contribution in [2.24, 2.45) is 0 Å². The molecule has 1 aromatic rings. The monoisotopic (exact) mass is 216 g/mol. The van der Waals surface area contributed by atoms with Gasteiger partial charge in [0.15, 0.2) is 0 Å². The van der Waals surface area contributed by atoms with Gasteiger partial charge < -0.3 is 4.84 Å². The maximum absolute atomic E-state index is 12.9. The van der Waals surface area contributed by atoms with Gasteiger partial charge in [0, 0.05) is 6.07 Å². The van der Waals surface area contributed by atoms with Crippen LogP contribution in [0.5, 0.6) is 0 Å². The number of hydrogen-bond acceptors (Lipinski definition) is 5. The summed E-state index contributed by atoms with van der Waals surface area (Å²) in [5, 5.41) is 0. The average Bonchev–Trinajstić information content (AvgIpc) is 2.21. The van der Waals surface area contributed by atoms with Gasteiger partial charge in [-0.05, 0) is 0 Å². The number of nitrogens with zero attached hydrogens (tertiary/aromatic N) is 1. The van der Waals surface area contributed by atoms with Crippen LogP contribution in [0.15, 0.2) is 12.3 Å². The van der Waals surface area contributed by atoms with Crippen LogP contribution >= 0.6 is 0 Å². The summed E-state index contributed by atoms with van der Waals surface area (Å²) in [5.74, 6) is -2.82. The molecule has 0 saturated carbocycles. The van der Waals surface area contributed by atoms with E-state index in [0.29, 0.717) is 6.07 Å². The molecule has 0 atom stereocenters. The molecule has 15 heavy (non-hydrogen) atoms. The number of aromatic nitrogens is 1. The standard InChI is InChI=1S/C8H6F2N2O3/c9-5-1-6(10)7(11-2-5)3-12-15-8(14)4-13/h1-2,4,12H,3H2. The molecule has 0 fully saturated rings. The Morgan fingerprint density at radius 3 is 2.93 bits per heavy atom. The zero-order valence-electron chi connectivity index (χ0n) is 7.37. The average molecular weight is 216 g/mol. The second-order valence-electron chi connectivity index (χ2n) is 2.44. The van der Waals surface area contributed by atoms with Gasteiger partial charge in [-0.3, -0.25) is 9.78 Å². The second kappa shape index (κ2) is 5.11. The molecule has 1 heterocycles. The number of rotatable bonds is 4. The highest BCUT2D eigenvalue weighted by atomic mass is 19.1. The molecule has 0 amide bonds. The van der Waals surface area contributed by atoms with E-state index in [1.807, 2.05) is 5.48 Å². The van der Waals surface area contributed by atoms with Crippen LogP contribution in [-0.4, -0.2) is 17.2 Å². The van der Waals surface area contributed by atoms with Crippen molar-refractivity contribution < 1.29 is 23.2 Å². The summed E-state index contributed by atoms with van der Waals surface area (Å²) in [6, 6.07) is 0.644. The summed E-state index contributed by atoms with van der Waals surface area (Å²) in [4.78, 5) is 27.7. The maximum Gasteiger partial charge on any atom is 0.389 e. The Kier molecular flexibility index (Phi) is 3.81. The number of carbonyl (C=O) groups excluding carboxylic acids is 2. The molecule has 1 aromatic heterocycles. The molecule has 5 nitrogen and oxygen atoms in total. The SMILES string of the molecule is O=CC(=O)ONCc1ncc(F)cc1F. The first-order valence-electron chi connectivity index (χ1n) is 3.82. The lowest BCUT2D eigenvalue weighted by Crippen LogP contribution is -2.21. The molecule has 0 aromatic carbocycles. The normalized spacial score (nSPS) is 9.73. The van der Waals surface area contributed by atoms with Gasteiger partial charge in [-0.2, -0.15) is 0 Å². The quantitative estimate of drug-likeness (QED) is 0.439. The Morgan fingerprint density at radius 2 is 2.33 bits per heavy atom. The van der Waals surface area contributed by atoms with Crippen molar-refractivity contribution in [2.45, 2.75) is 6.54 Å². The number of nitrogens with one attached hydrogen (secondary N) is 1. The predicted molar refractivity (Wildman–Crippen MR) is 43.1 cm³/mol. The molecular weight excluding hydrogens is 210 g/mol. The fourth-order valence-electron chi connectivity index (χ4n) is 0.773. The van der Waals surface area contributed by atoms with E-state index >= 15 is 0 Å². The number of carbonyl (C=O) groups is 2. The van der Waals surface area contributed by atoms with Crippen LogP contribution in [0.4, 0.5) is 8.78 Å². The molecule has 0 aliphatic rings. The largest absolute Gasteiger partial charge is 0.389 e. The second-order valence-corrected chi connectivity index (χ2v) is 2.44. The van der Waals surface area contributed by atoms with Crippen LogP contribution in [0, 0.1) is 11.6 Å². The van der Waals surface area contributed by atoms with Crippen LogP contribution < -0.4 is 5.48 Å². The predicted octanol–water partition coefficient (Wildman–Crippen LogP) is 0.106. The Hall–Kier alpha value is -1.89. The molecule has 80 valence electrons. The van der Waals surface area contributed by atoms with Crippen LogP contribution in [-0.2, 0) is 21.0 Å². The lowest BCUT2D eigenvalue weighted by molar-refractivity contribution is -0.155. The summed E-state index contributed by atoms with van der Waals surface area (Å²) in [6.07, 6.45) is 0.767. The molecule has 0 bridgehead atoms. The van der Waals surface area contributed by atoms with Gasteiger partial charge in [-0.15, -0.1) is 5.48 Å². The number of aldehydes is 1. The highest BCUT2D eigenvalue weighted by Crippen LogP contribution is 2.05. The minimum absolute atomic E-state index is 0.0541. The topological polar surface area (TPSA) is 68.3 Å². The molecule has 0 aliphatic heterocycles. The first-order valence-corrected chi connectivity index (χ1v) is 3.82. The molecule has 0 unspecified atom stereocenters. The lowest BCUT2D eigenvalue weighted by atomic mass is 10.3. The third-order valence-corrected chi connectivity index (χ3v) is 1.39. The van der Waals surface area contributed by atoms with E-state index < -0.39 is 17.6 Å². The Balaban J connectivity index is 2.51. The van der Waals surface area contributed by atoms with Crippen LogP contribution in [0.2, 0.25) is 0 Å². The summed E-state index contributed by atoms with van der Waals surface area (Å²) in [5.41, 5.74) is 1.88. The summed E-state index contributed by atoms with van der Waals surface area (Å²) < 4.78 is 25.3. The van der Waals surface area contributed by atoms with E-state index in [0.717, 1.165) is 6.20 Å². The van der Waals surface area contributed by atoms with Gasteiger partial charge in [0.2, 0.25) is 6.29 Å². The van der Waals surface area contributed by atoms with Crippen LogP contribution in [0.3, 0.4) is 0 Å². The zero-order chi connectivity index (χ0) is 11.3. The molecule has 0 saturated heterocycles. The van der Waals surface area contributed by atoms with Crippen molar-refractivity contribution in [2.75, 3.05) is 0 Å². The molecule has 1 rings (SSSR count). The maximum atomic E-state index is 12.9. The van der Waals surface area contributed by atoms with Crippen molar-refractivity contribution in [1.29, 1.82) is 0 Å². The van der Waals surface area contributed by atoms with Gasteiger partial charge in [-0.1, -0.05) is 0 Å². The van der Waals surface area contributed by atoms with Gasteiger partial charge in [-0.25, -0.2) is 13.6 Å². The van der Waals surface area contributed by atoms with E-state index in [9.17, 15) is 18.4 Å². The number of pyridine rings is 1. The van der Waals surface area contributed by atoms with Crippen molar-refractivity contribution in [3.05, 3.63) is 29.6 Å². The van der Waals surface area contributed by atoms with Crippen molar-refractivity contribution in [1.82, 2.24) is 10.5 Å². The van der Waals surface area contributed by atoms with Gasteiger partial charge >= 0.3 is 5.97 Å². The lowest BCUT2D eigenvalue weighted by Gasteiger charge is -2.03. The van der Waals surface area contributed by atoms with E-state index in [4.69, 9.17) is 0 Å². The summed E-state index contributed by atoms with van der Waals surface area (Å²) >= 11 is 0. The fourth-order valence-corrected chi connectivity index (χ4v) is 0.773. The zero-order valence-corrected chi connectivity index (χ0v) is 7.37. The summed E-state index contributed by atoms with van der Waals surface area (Å²) in [7, 11) is 0. The van der Waals surface area contributed by atoms with E-state index in [2.05, 4.69) is 9.82 Å². The van der Waals surface area contributed by atoms with Gasteiger partial charge in [0.25, 0.3) is 0 Å². The number of hydroxylamine groups is 1. The molecule has 0 radical (unpaired) electrons. The van der Waals surface area contributed by atoms with E-state index in [1.54, 1.807) is 0 Å². The van der Waals surface area contributed by atoms with Crippen molar-refractivity contribution in [3.8, 4) is 0 Å². The van der Waals surface area contributed by atoms with E-state index in [-0.39, 0.29) is 18.5 Å². The minimum atomic E-state index is -1.14. The minimum Gasteiger partial charge on any atom is -0.364 e. The highest BCUT2D eigenvalue weighted by Gasteiger charge is 2.06. The molecule has 1 N–H and O–H groups in total. The number of halogens is 2. The first kappa shape index (κ1) is 11.2. The third kappa shape index (κ3) is 3.39. The number of hydrogen-bond donors (Lipinski definition) is 1. The van der Waals surface area contributed by atoms with Crippen molar-refractivity contribution >= 4 is 12.3 Å². The third-order valence-electron chi connectivity index (χ3n) is 1.39. The van der Waals surface area contributed by atoms with E-state index in [1.165, 1.54) is 0 Å². The molecule has 0 aliphatic carbocycles. The first-order chi connectivity index (χ1) is 7.13. The van der Waals surface area contributed by atoms with Gasteiger partial charge in [0.05, 0.1) is 18.4 Å². The summed E-state index contributed by atoms with van der Waals surface area (Å²) in [6.45, 7) is -0.258. The van der Waals surface area contributed by atoms with Gasteiger partial charge in [0.1, 0.15) is 11.6 Å². The molecule has 7 heteroatoms. The van der Waals surface area contributed by atoms with Crippen LogP contribution in [0.25, 0.3) is 0 Å². The Morgan fingerprint density at radius 1 is 1.60 bits per heavy atom. The Bertz CT molecular complexity index is 384. The highest BCUT2D eigenvalue weighted by molar-refractivity contribution is 6.20. The molecule has 0 spiro atoms. The fraction of sp³-hybridized carbons (Fsp3) is 0.125. The van der Waals surface area contributed by atoms with Crippen molar-refractivity contribution in [3.63, 3.8) is 0 Å². The smallest absolute Gasteiger partial charge is 0.364 e. The van der Waals surface area contributed by atoms with Crippen LogP contribution in [0.1, 0.15) is 5.69 Å². The molecular formula is C8H6F2N2O3.